The van der Waals surface area contributed by atoms with Crippen LogP contribution in [0.4, 0.5) is 0 Å². The largest absolute Gasteiger partial charge is 0.339 e. The first-order valence-electron chi connectivity index (χ1n) is 16.4. The predicted octanol–water partition coefficient (Wildman–Crippen LogP) is 9.54. The Hall–Kier alpha value is -3.84. The first-order valence-corrected chi connectivity index (χ1v) is 16.4. The lowest BCUT2D eigenvalue weighted by Gasteiger charge is -2.47. The van der Waals surface area contributed by atoms with Crippen molar-refractivity contribution in [2.75, 3.05) is 0 Å². The van der Waals surface area contributed by atoms with Crippen LogP contribution in [-0.2, 0) is 9.47 Å². The Kier molecular flexibility index (Phi) is 10.3. The lowest BCUT2D eigenvalue weighted by Crippen LogP contribution is -2.56. The Labute approximate surface area is 273 Å². The number of fused-ring (bicyclic) bond motifs is 1. The fourth-order valence-electron chi connectivity index (χ4n) is 5.02. The third-order valence-electron chi connectivity index (χ3n) is 8.01. The lowest BCUT2D eigenvalue weighted by molar-refractivity contribution is -0.108. The quantitative estimate of drug-likeness (QED) is 0.329. The van der Waals surface area contributed by atoms with Crippen LogP contribution in [0.5, 0.6) is 0 Å². The second-order valence-electron chi connectivity index (χ2n) is 14.7. The minimum atomic E-state index is -0.508. The molecule has 1 aliphatic heterocycles. The molecular weight excluding hydrogens is 548 g/mol. The van der Waals surface area contributed by atoms with Crippen LogP contribution in [0.3, 0.4) is 0 Å². The van der Waals surface area contributed by atoms with Gasteiger partial charge in [0.05, 0.1) is 11.2 Å². The van der Waals surface area contributed by atoms with E-state index in [1.165, 1.54) is 0 Å². The molecule has 2 heteroatoms. The second-order valence-corrected chi connectivity index (χ2v) is 14.7. The van der Waals surface area contributed by atoms with Gasteiger partial charge in [-0.05, 0) is 111 Å². The first kappa shape index (κ1) is 34.0. The Bertz CT molecular complexity index is 1690. The van der Waals surface area contributed by atoms with Gasteiger partial charge < -0.3 is 9.47 Å². The SMILES string of the molecule is CCCC#Cc1cc(C#CCCC)cc(C#Cc2cc(C#CC(C)(C)C)c(C3OC4(C)CCC4(C)O3)cc2C#CC(C)(C)C)c1. The van der Waals surface area contributed by atoms with Crippen LogP contribution < -0.4 is 0 Å². The number of rotatable bonds is 3. The minimum Gasteiger partial charge on any atom is -0.339 e. The normalized spacial score (nSPS) is 21.5. The number of hydrogen-bond acceptors (Lipinski definition) is 2. The van der Waals surface area contributed by atoms with E-state index in [-0.39, 0.29) is 22.0 Å². The molecule has 4 rings (SSSR count). The maximum atomic E-state index is 6.59. The molecule has 0 bridgehead atoms. The van der Waals surface area contributed by atoms with Crippen molar-refractivity contribution in [3.63, 3.8) is 0 Å². The fraction of sp³-hybridized carbons (Fsp3) is 0.488. The number of ether oxygens (including phenoxy) is 2. The van der Waals surface area contributed by atoms with Crippen molar-refractivity contribution < 1.29 is 9.47 Å². The maximum Gasteiger partial charge on any atom is 0.186 e. The van der Waals surface area contributed by atoms with Crippen molar-refractivity contribution in [2.45, 2.75) is 125 Å². The molecule has 2 aromatic carbocycles. The van der Waals surface area contributed by atoms with E-state index in [0.717, 1.165) is 77.5 Å². The summed E-state index contributed by atoms with van der Waals surface area (Å²) < 4.78 is 13.2. The molecule has 232 valence electrons. The van der Waals surface area contributed by atoms with Crippen molar-refractivity contribution >= 4 is 0 Å². The van der Waals surface area contributed by atoms with Crippen molar-refractivity contribution in [3.05, 3.63) is 69.3 Å². The Morgan fingerprint density at radius 3 is 1.49 bits per heavy atom. The standard InChI is InChI=1S/C43H48O2/c1-11-13-15-17-32-27-33(18-16-14-12-2)29-34(28-32)19-20-35-30-37(22-24-41(6,7)8)38(31-36(35)21-23-40(3,4)5)39-44-42(9)25-26-43(42,10)45-39/h27-31,39H,11-14,25-26H2,1-10H3. The minimum absolute atomic E-state index is 0.170. The van der Waals surface area contributed by atoms with E-state index in [4.69, 9.17) is 9.47 Å². The van der Waals surface area contributed by atoms with Crippen LogP contribution in [0.1, 0.15) is 153 Å². The zero-order valence-electron chi connectivity index (χ0n) is 29.0. The number of benzene rings is 2. The Balaban J connectivity index is 1.88. The molecule has 2 aromatic rings. The van der Waals surface area contributed by atoms with Crippen LogP contribution in [0.2, 0.25) is 0 Å². The highest BCUT2D eigenvalue weighted by atomic mass is 16.8. The topological polar surface area (TPSA) is 18.5 Å². The second kappa shape index (κ2) is 13.7. The molecule has 0 amide bonds. The molecule has 0 aromatic heterocycles. The molecule has 1 aliphatic carbocycles. The van der Waals surface area contributed by atoms with Crippen molar-refractivity contribution in [1.29, 1.82) is 0 Å². The van der Waals surface area contributed by atoms with Gasteiger partial charge in [0.2, 0.25) is 0 Å². The molecule has 2 unspecified atom stereocenters. The first-order chi connectivity index (χ1) is 21.1. The van der Waals surface area contributed by atoms with Crippen molar-refractivity contribution in [2.24, 2.45) is 10.8 Å². The van der Waals surface area contributed by atoms with Gasteiger partial charge in [-0.2, -0.15) is 0 Å². The molecule has 0 spiro atoms. The van der Waals surface area contributed by atoms with E-state index in [1.807, 2.05) is 12.1 Å². The van der Waals surface area contributed by atoms with Crippen LogP contribution in [0.25, 0.3) is 0 Å². The molecule has 2 atom stereocenters. The average molecular weight is 597 g/mol. The summed E-state index contributed by atoms with van der Waals surface area (Å²) in [6.07, 6.45) is 5.23. The van der Waals surface area contributed by atoms with E-state index >= 15 is 0 Å². The zero-order chi connectivity index (χ0) is 32.9. The van der Waals surface area contributed by atoms with Gasteiger partial charge in [0.1, 0.15) is 0 Å². The highest BCUT2D eigenvalue weighted by molar-refractivity contribution is 5.61. The molecule has 2 nitrogen and oxygen atoms in total. The molecule has 2 fully saturated rings. The summed E-state index contributed by atoms with van der Waals surface area (Å²) in [5, 5.41) is 0. The molecule has 0 N–H and O–H groups in total. The summed E-state index contributed by atoms with van der Waals surface area (Å²) in [5.41, 5.74) is 5.24. The third kappa shape index (κ3) is 8.88. The molecule has 1 saturated heterocycles. The Morgan fingerprint density at radius 1 is 0.600 bits per heavy atom. The smallest absolute Gasteiger partial charge is 0.186 e. The van der Waals surface area contributed by atoms with Gasteiger partial charge >= 0.3 is 0 Å². The molecule has 1 saturated carbocycles. The van der Waals surface area contributed by atoms with Crippen molar-refractivity contribution in [3.8, 4) is 59.2 Å². The van der Waals surface area contributed by atoms with Crippen LogP contribution in [0.15, 0.2) is 30.3 Å². The molecular formula is C43H48O2. The average Bonchev–Trinajstić information content (AvgIpc) is 3.13. The monoisotopic (exact) mass is 596 g/mol. The fourth-order valence-corrected chi connectivity index (χ4v) is 5.02. The maximum absolute atomic E-state index is 6.59. The molecule has 2 aliphatic rings. The highest BCUT2D eigenvalue weighted by Crippen LogP contribution is 2.57. The Morgan fingerprint density at radius 2 is 1.04 bits per heavy atom. The van der Waals surface area contributed by atoms with E-state index in [1.54, 1.807) is 0 Å². The van der Waals surface area contributed by atoms with Gasteiger partial charge in [-0.1, -0.05) is 73.1 Å². The van der Waals surface area contributed by atoms with E-state index in [0.29, 0.717) is 0 Å². The summed E-state index contributed by atoms with van der Waals surface area (Å²) in [6, 6.07) is 10.3. The van der Waals surface area contributed by atoms with Crippen LogP contribution in [-0.4, -0.2) is 11.2 Å². The summed E-state index contributed by atoms with van der Waals surface area (Å²) in [7, 11) is 0. The molecule has 1 heterocycles. The van der Waals surface area contributed by atoms with Gasteiger partial charge in [-0.15, -0.1) is 0 Å². The summed E-state index contributed by atoms with van der Waals surface area (Å²) in [6.45, 7) is 21.3. The van der Waals surface area contributed by atoms with Gasteiger partial charge in [-0.3, -0.25) is 0 Å². The molecule has 45 heavy (non-hydrogen) atoms. The number of hydrogen-bond donors (Lipinski definition) is 0. The zero-order valence-corrected chi connectivity index (χ0v) is 29.0. The van der Waals surface area contributed by atoms with Crippen molar-refractivity contribution in [1.82, 2.24) is 0 Å². The summed E-state index contributed by atoms with van der Waals surface area (Å²) >= 11 is 0. The lowest BCUT2D eigenvalue weighted by atomic mass is 9.68. The molecule has 0 radical (unpaired) electrons. The summed E-state index contributed by atoms with van der Waals surface area (Å²) in [5.74, 6) is 33.8. The third-order valence-corrected chi connectivity index (χ3v) is 8.01. The van der Waals surface area contributed by atoms with Gasteiger partial charge in [0.25, 0.3) is 0 Å². The van der Waals surface area contributed by atoms with Gasteiger partial charge in [-0.25, -0.2) is 0 Å². The van der Waals surface area contributed by atoms with E-state index in [9.17, 15) is 0 Å². The van der Waals surface area contributed by atoms with E-state index in [2.05, 4.69) is 147 Å². The highest BCUT2D eigenvalue weighted by Gasteiger charge is 2.62. The van der Waals surface area contributed by atoms with E-state index < -0.39 is 6.29 Å². The summed E-state index contributed by atoms with van der Waals surface area (Å²) in [4.78, 5) is 0. The predicted molar refractivity (Wildman–Crippen MR) is 186 cm³/mol. The number of unbranched alkanes of at least 4 members (excludes halogenated alkanes) is 2. The van der Waals surface area contributed by atoms with Gasteiger partial charge in [0.15, 0.2) is 6.29 Å². The van der Waals surface area contributed by atoms with Crippen LogP contribution in [0, 0.1) is 70.0 Å². The van der Waals surface area contributed by atoms with Gasteiger partial charge in [0, 0.05) is 62.6 Å². The van der Waals surface area contributed by atoms with Crippen LogP contribution >= 0.6 is 0 Å².